The number of anilines is 1. The van der Waals surface area contributed by atoms with Crippen molar-refractivity contribution in [2.24, 2.45) is 4.99 Å². The van der Waals surface area contributed by atoms with Gasteiger partial charge in [0.2, 0.25) is 0 Å². The quantitative estimate of drug-likeness (QED) is 0.534. The number of halogens is 1. The Morgan fingerprint density at radius 3 is 2.81 bits per heavy atom. The minimum absolute atomic E-state index is 0.0450. The second-order valence-electron chi connectivity index (χ2n) is 7.93. The second kappa shape index (κ2) is 9.85. The Morgan fingerprint density at radius 1 is 1.22 bits per heavy atom. The lowest BCUT2D eigenvalue weighted by molar-refractivity contribution is -0.117. The lowest BCUT2D eigenvalue weighted by Gasteiger charge is -2.25. The molecule has 2 fully saturated rings. The monoisotopic (exact) mass is 492 g/mol. The standard InChI is InChI=1S/C23H25ClN2O4S2/c1-2-3-11-30-18-9-6-8-17(13-18)26-20-14-32(28,29)15-21(20)31-23(26)25-22(27)12-16-7-4-5-10-19(16)24/h4-10,13,20-21H,2-3,11-12,14-15H2,1H3/t20-,21-/m1/s1. The summed E-state index contributed by atoms with van der Waals surface area (Å²) in [7, 11) is -3.13. The molecule has 32 heavy (non-hydrogen) atoms. The third-order valence-electron chi connectivity index (χ3n) is 5.45. The summed E-state index contributed by atoms with van der Waals surface area (Å²) in [6.45, 7) is 2.72. The van der Waals surface area contributed by atoms with Crippen LogP contribution in [0.15, 0.2) is 53.5 Å². The summed E-state index contributed by atoms with van der Waals surface area (Å²) < 4.78 is 30.4. The van der Waals surface area contributed by atoms with E-state index < -0.39 is 9.84 Å². The summed E-state index contributed by atoms with van der Waals surface area (Å²) in [6.07, 6.45) is 2.08. The van der Waals surface area contributed by atoms with Gasteiger partial charge in [-0.3, -0.25) is 4.79 Å². The molecule has 2 heterocycles. The van der Waals surface area contributed by atoms with Crippen molar-refractivity contribution in [3.8, 4) is 5.75 Å². The van der Waals surface area contributed by atoms with E-state index in [0.717, 1.165) is 18.5 Å². The summed E-state index contributed by atoms with van der Waals surface area (Å²) in [6, 6.07) is 14.5. The van der Waals surface area contributed by atoms with E-state index in [1.165, 1.54) is 11.8 Å². The molecule has 0 N–H and O–H groups in total. The predicted molar refractivity (Wildman–Crippen MR) is 131 cm³/mol. The smallest absolute Gasteiger partial charge is 0.252 e. The number of thioether (sulfide) groups is 1. The van der Waals surface area contributed by atoms with Gasteiger partial charge in [0.05, 0.1) is 30.6 Å². The topological polar surface area (TPSA) is 76.0 Å². The van der Waals surface area contributed by atoms with Crippen molar-refractivity contribution < 1.29 is 17.9 Å². The van der Waals surface area contributed by atoms with Crippen LogP contribution in [-0.4, -0.2) is 48.9 Å². The van der Waals surface area contributed by atoms with Crippen LogP contribution in [0.3, 0.4) is 0 Å². The minimum atomic E-state index is -3.13. The van der Waals surface area contributed by atoms with Gasteiger partial charge in [-0.05, 0) is 30.2 Å². The number of nitrogens with zero attached hydrogens (tertiary/aromatic N) is 2. The van der Waals surface area contributed by atoms with Gasteiger partial charge in [-0.2, -0.15) is 4.99 Å². The highest BCUT2D eigenvalue weighted by atomic mass is 35.5. The Labute approximate surface area is 197 Å². The third-order valence-corrected chi connectivity index (χ3v) is 9.03. The number of amidine groups is 1. The maximum Gasteiger partial charge on any atom is 0.252 e. The largest absolute Gasteiger partial charge is 0.494 e. The number of hydrogen-bond donors (Lipinski definition) is 0. The fourth-order valence-electron chi connectivity index (χ4n) is 3.87. The van der Waals surface area contributed by atoms with Gasteiger partial charge >= 0.3 is 0 Å². The first kappa shape index (κ1) is 23.1. The fraction of sp³-hybridized carbons (Fsp3) is 0.391. The predicted octanol–water partition coefficient (Wildman–Crippen LogP) is 4.36. The first-order valence-electron chi connectivity index (χ1n) is 10.6. The lowest BCUT2D eigenvalue weighted by Crippen LogP contribution is -2.37. The number of carbonyl (C=O) groups is 1. The zero-order chi connectivity index (χ0) is 22.7. The average molecular weight is 493 g/mol. The minimum Gasteiger partial charge on any atom is -0.494 e. The Balaban J connectivity index is 1.62. The molecule has 0 aliphatic carbocycles. The van der Waals surface area contributed by atoms with E-state index >= 15 is 0 Å². The molecule has 4 rings (SSSR count). The zero-order valence-corrected chi connectivity index (χ0v) is 20.1. The average Bonchev–Trinajstić information content (AvgIpc) is 3.20. The number of rotatable bonds is 7. The van der Waals surface area contributed by atoms with Crippen molar-refractivity contribution in [1.29, 1.82) is 0 Å². The number of benzene rings is 2. The van der Waals surface area contributed by atoms with Gasteiger partial charge in [0.15, 0.2) is 15.0 Å². The molecule has 1 amide bonds. The summed E-state index contributed by atoms with van der Waals surface area (Å²) in [5.41, 5.74) is 1.49. The number of sulfone groups is 1. The molecule has 170 valence electrons. The lowest BCUT2D eigenvalue weighted by atomic mass is 10.1. The molecule has 0 radical (unpaired) electrons. The molecule has 2 aliphatic rings. The van der Waals surface area contributed by atoms with Crippen LogP contribution in [0.1, 0.15) is 25.3 Å². The van der Waals surface area contributed by atoms with E-state index in [9.17, 15) is 13.2 Å². The van der Waals surface area contributed by atoms with Crippen LogP contribution in [0.2, 0.25) is 5.02 Å². The van der Waals surface area contributed by atoms with Gasteiger partial charge in [-0.1, -0.05) is 61.0 Å². The summed E-state index contributed by atoms with van der Waals surface area (Å²) in [4.78, 5) is 19.0. The molecule has 2 atom stereocenters. The van der Waals surface area contributed by atoms with Crippen LogP contribution in [0.25, 0.3) is 0 Å². The maximum atomic E-state index is 12.8. The molecule has 2 aliphatic heterocycles. The van der Waals surface area contributed by atoms with Crippen LogP contribution < -0.4 is 9.64 Å². The number of unbranched alkanes of at least 4 members (excludes halogenated alkanes) is 1. The Kier molecular flexibility index (Phi) is 7.12. The van der Waals surface area contributed by atoms with Crippen LogP contribution in [0.4, 0.5) is 5.69 Å². The van der Waals surface area contributed by atoms with Crippen molar-refractivity contribution in [2.75, 3.05) is 23.0 Å². The molecular formula is C23H25ClN2O4S2. The Morgan fingerprint density at radius 2 is 2.03 bits per heavy atom. The maximum absolute atomic E-state index is 12.8. The van der Waals surface area contributed by atoms with Gasteiger partial charge < -0.3 is 9.64 Å². The summed E-state index contributed by atoms with van der Waals surface area (Å²) in [5, 5.41) is 0.895. The SMILES string of the molecule is CCCCOc1cccc(N2C(=NC(=O)Cc3ccccc3Cl)S[C@@H]3CS(=O)(=O)C[C@H]32)c1. The number of fused-ring (bicyclic) bond motifs is 1. The van der Waals surface area contributed by atoms with Crippen LogP contribution >= 0.6 is 23.4 Å². The van der Waals surface area contributed by atoms with Crippen molar-refractivity contribution in [3.05, 3.63) is 59.1 Å². The molecule has 0 saturated carbocycles. The fourth-order valence-corrected chi connectivity index (χ4v) is 8.01. The highest BCUT2D eigenvalue weighted by Crippen LogP contribution is 2.41. The van der Waals surface area contributed by atoms with E-state index in [2.05, 4.69) is 11.9 Å². The molecule has 0 spiro atoms. The number of hydrogen-bond acceptors (Lipinski definition) is 5. The molecule has 0 aromatic heterocycles. The summed E-state index contributed by atoms with van der Waals surface area (Å²) in [5.74, 6) is 0.530. The highest BCUT2D eigenvalue weighted by molar-refractivity contribution is 8.16. The molecule has 0 bridgehead atoms. The molecule has 2 aromatic carbocycles. The Bertz CT molecular complexity index is 1140. The van der Waals surface area contributed by atoms with Gasteiger partial charge in [-0.25, -0.2) is 8.42 Å². The van der Waals surface area contributed by atoms with Crippen LogP contribution in [-0.2, 0) is 21.1 Å². The van der Waals surface area contributed by atoms with Crippen molar-refractivity contribution in [2.45, 2.75) is 37.5 Å². The molecule has 9 heteroatoms. The highest BCUT2D eigenvalue weighted by Gasteiger charge is 2.49. The number of ether oxygens (including phenoxy) is 1. The van der Waals surface area contributed by atoms with Gasteiger partial charge in [0, 0.05) is 22.0 Å². The van der Waals surface area contributed by atoms with Crippen LogP contribution in [0.5, 0.6) is 5.75 Å². The summed E-state index contributed by atoms with van der Waals surface area (Å²) >= 11 is 7.55. The molecule has 2 saturated heterocycles. The van der Waals surface area contributed by atoms with E-state index in [1.54, 1.807) is 12.1 Å². The molecule has 2 aromatic rings. The van der Waals surface area contributed by atoms with E-state index in [-0.39, 0.29) is 35.1 Å². The van der Waals surface area contributed by atoms with Crippen molar-refractivity contribution >= 4 is 50.0 Å². The number of aliphatic imine (C=N–C) groups is 1. The van der Waals surface area contributed by atoms with Gasteiger partial charge in [0.25, 0.3) is 5.91 Å². The third kappa shape index (κ3) is 5.30. The zero-order valence-electron chi connectivity index (χ0n) is 17.7. The van der Waals surface area contributed by atoms with Crippen molar-refractivity contribution in [3.63, 3.8) is 0 Å². The first-order chi connectivity index (χ1) is 15.4. The van der Waals surface area contributed by atoms with E-state index in [0.29, 0.717) is 28.1 Å². The Hall–Kier alpha value is -2.03. The van der Waals surface area contributed by atoms with E-state index in [1.807, 2.05) is 41.3 Å². The molecule has 0 unspecified atom stereocenters. The molecular weight excluding hydrogens is 468 g/mol. The van der Waals surface area contributed by atoms with Crippen molar-refractivity contribution in [1.82, 2.24) is 0 Å². The van der Waals surface area contributed by atoms with Gasteiger partial charge in [-0.15, -0.1) is 0 Å². The first-order valence-corrected chi connectivity index (χ1v) is 13.7. The van der Waals surface area contributed by atoms with Gasteiger partial charge in [0.1, 0.15) is 5.75 Å². The second-order valence-corrected chi connectivity index (χ2v) is 11.7. The normalized spacial score (nSPS) is 22.8. The number of carbonyl (C=O) groups excluding carboxylic acids is 1. The number of amides is 1. The van der Waals surface area contributed by atoms with E-state index in [4.69, 9.17) is 16.3 Å². The van der Waals surface area contributed by atoms with Crippen LogP contribution in [0, 0.1) is 0 Å². The molecule has 6 nitrogen and oxygen atoms in total.